The molecule has 6 nitrogen and oxygen atoms in total. The van der Waals surface area contributed by atoms with Gasteiger partial charge < -0.3 is 0 Å². The maximum Gasteiger partial charge on any atom is 0.281 e. The van der Waals surface area contributed by atoms with E-state index in [1.807, 2.05) is 91.9 Å². The van der Waals surface area contributed by atoms with Crippen molar-refractivity contribution in [1.29, 1.82) is 0 Å². The summed E-state index contributed by atoms with van der Waals surface area (Å²) < 4.78 is 0. The average molecular weight is 405 g/mol. The number of carbonyl (C=O) groups is 1. The van der Waals surface area contributed by atoms with E-state index in [9.17, 15) is 4.79 Å². The molecule has 0 atom stereocenters. The third kappa shape index (κ3) is 4.29. The Labute approximate surface area is 180 Å². The van der Waals surface area contributed by atoms with Gasteiger partial charge in [-0.05, 0) is 41.3 Å². The Morgan fingerprint density at radius 2 is 1.61 bits per heavy atom. The molecule has 1 amide bonds. The Hall–Kier alpha value is -4.41. The largest absolute Gasteiger partial charge is 0.281 e. The summed E-state index contributed by atoms with van der Waals surface area (Å²) in [4.78, 5) is 16.1. The highest BCUT2D eigenvalue weighted by Crippen LogP contribution is 2.30. The number of allylic oxidation sites excluding steroid dienone is 2. The average Bonchev–Trinajstić information content (AvgIpc) is 3.11. The molecule has 0 spiro atoms. The molecular formula is C25H19N5O. The fourth-order valence-corrected chi connectivity index (χ4v) is 3.39. The van der Waals surface area contributed by atoms with Crippen LogP contribution in [0.3, 0.4) is 0 Å². The highest BCUT2D eigenvalue weighted by atomic mass is 16.2. The third-order valence-corrected chi connectivity index (χ3v) is 4.87. The van der Waals surface area contributed by atoms with Gasteiger partial charge in [0.05, 0.1) is 17.0 Å². The first-order valence-corrected chi connectivity index (χ1v) is 9.75. The monoisotopic (exact) mass is 405 g/mol. The molecule has 3 aromatic carbocycles. The maximum absolute atomic E-state index is 13.3. The molecule has 0 aliphatic carbocycles. The summed E-state index contributed by atoms with van der Waals surface area (Å²) in [6.45, 7) is 1.85. The zero-order valence-corrected chi connectivity index (χ0v) is 16.9. The van der Waals surface area contributed by atoms with Crippen LogP contribution in [0, 0.1) is 0 Å². The number of anilines is 1. The summed E-state index contributed by atoms with van der Waals surface area (Å²) in [5.74, 6) is -0.161. The minimum Gasteiger partial charge on any atom is -0.267 e. The first kappa shape index (κ1) is 19.9. The van der Waals surface area contributed by atoms with Gasteiger partial charge in [0.2, 0.25) is 0 Å². The predicted octanol–water partition coefficient (Wildman–Crippen LogP) is 6.52. The quantitative estimate of drug-likeness (QED) is 0.206. The lowest BCUT2D eigenvalue weighted by atomic mass is 9.96. The number of rotatable bonds is 5. The molecular weight excluding hydrogens is 386 g/mol. The van der Waals surface area contributed by atoms with Crippen molar-refractivity contribution < 1.29 is 4.79 Å². The molecule has 0 fully saturated rings. The lowest BCUT2D eigenvalue weighted by Gasteiger charge is -2.12. The number of hydrogen-bond acceptors (Lipinski definition) is 3. The van der Waals surface area contributed by atoms with Crippen LogP contribution in [-0.2, 0) is 4.79 Å². The Bertz CT molecular complexity index is 1240. The van der Waals surface area contributed by atoms with Crippen molar-refractivity contribution in [3.8, 4) is 0 Å². The minimum absolute atomic E-state index is 0.161. The van der Waals surface area contributed by atoms with Crippen LogP contribution in [-0.4, -0.2) is 11.6 Å². The molecule has 0 radical (unpaired) electrons. The molecule has 0 N–H and O–H groups in total. The Morgan fingerprint density at radius 1 is 0.968 bits per heavy atom. The number of hydrogen-bond donors (Lipinski definition) is 0. The number of para-hydroxylation sites is 1. The number of azide groups is 1. The van der Waals surface area contributed by atoms with Gasteiger partial charge in [-0.15, -0.1) is 0 Å². The number of benzene rings is 3. The molecule has 6 heteroatoms. The summed E-state index contributed by atoms with van der Waals surface area (Å²) in [6.07, 6.45) is 3.86. The van der Waals surface area contributed by atoms with Gasteiger partial charge in [0.1, 0.15) is 0 Å². The standard InChI is InChI=1S/C25H19N5O/c1-18-24(25(31)30(28-18)22-10-6-3-7-11-22)23(20-8-4-2-5-9-20)17-14-19-12-15-21(16-13-19)27-29-26/h2-17H,1H3. The van der Waals surface area contributed by atoms with Crippen molar-refractivity contribution in [3.63, 3.8) is 0 Å². The summed E-state index contributed by atoms with van der Waals surface area (Å²) in [6, 6.07) is 26.4. The third-order valence-electron chi connectivity index (χ3n) is 4.87. The lowest BCUT2D eigenvalue weighted by Crippen LogP contribution is -2.21. The Morgan fingerprint density at radius 3 is 2.26 bits per heavy atom. The van der Waals surface area contributed by atoms with Crippen LogP contribution in [0.4, 0.5) is 11.4 Å². The maximum atomic E-state index is 13.3. The smallest absolute Gasteiger partial charge is 0.267 e. The topological polar surface area (TPSA) is 81.4 Å². The summed E-state index contributed by atoms with van der Waals surface area (Å²) >= 11 is 0. The van der Waals surface area contributed by atoms with Crippen molar-refractivity contribution >= 4 is 34.6 Å². The van der Waals surface area contributed by atoms with Crippen molar-refractivity contribution in [3.05, 3.63) is 118 Å². The van der Waals surface area contributed by atoms with Gasteiger partial charge in [0.25, 0.3) is 5.91 Å². The lowest BCUT2D eigenvalue weighted by molar-refractivity contribution is -0.114. The van der Waals surface area contributed by atoms with Crippen molar-refractivity contribution in [2.24, 2.45) is 10.2 Å². The van der Waals surface area contributed by atoms with E-state index in [2.05, 4.69) is 15.1 Å². The molecule has 31 heavy (non-hydrogen) atoms. The van der Waals surface area contributed by atoms with E-state index in [1.165, 1.54) is 5.01 Å². The predicted molar refractivity (Wildman–Crippen MR) is 125 cm³/mol. The molecule has 0 saturated heterocycles. The van der Waals surface area contributed by atoms with Crippen LogP contribution < -0.4 is 5.01 Å². The molecule has 1 aliphatic rings. The van der Waals surface area contributed by atoms with Crippen molar-refractivity contribution in [2.45, 2.75) is 6.92 Å². The van der Waals surface area contributed by atoms with Crippen LogP contribution in [0.1, 0.15) is 18.1 Å². The fourth-order valence-electron chi connectivity index (χ4n) is 3.39. The van der Waals surface area contributed by atoms with E-state index in [-0.39, 0.29) is 5.91 Å². The van der Waals surface area contributed by atoms with Gasteiger partial charge in [0, 0.05) is 10.6 Å². The number of nitrogens with zero attached hydrogens (tertiary/aromatic N) is 5. The first-order valence-electron chi connectivity index (χ1n) is 9.75. The van der Waals surface area contributed by atoms with Gasteiger partial charge in [-0.3, -0.25) is 4.79 Å². The van der Waals surface area contributed by atoms with Crippen molar-refractivity contribution in [2.75, 3.05) is 5.01 Å². The van der Waals surface area contributed by atoms with E-state index in [4.69, 9.17) is 5.53 Å². The second-order valence-corrected chi connectivity index (χ2v) is 6.91. The molecule has 4 rings (SSSR count). The second kappa shape index (κ2) is 8.95. The number of hydrazone groups is 1. The van der Waals surface area contributed by atoms with Crippen LogP contribution in [0.5, 0.6) is 0 Å². The van der Waals surface area contributed by atoms with E-state index < -0.39 is 0 Å². The van der Waals surface area contributed by atoms with Gasteiger partial charge in [0.15, 0.2) is 0 Å². The van der Waals surface area contributed by atoms with Gasteiger partial charge >= 0.3 is 0 Å². The zero-order valence-electron chi connectivity index (χ0n) is 16.9. The highest BCUT2D eigenvalue weighted by molar-refractivity contribution is 6.34. The van der Waals surface area contributed by atoms with E-state index >= 15 is 0 Å². The molecule has 0 saturated carbocycles. The van der Waals surface area contributed by atoms with E-state index in [0.29, 0.717) is 17.0 Å². The van der Waals surface area contributed by atoms with Crippen LogP contribution in [0.25, 0.3) is 22.1 Å². The van der Waals surface area contributed by atoms with E-state index in [0.717, 1.165) is 22.4 Å². The molecule has 0 unspecified atom stereocenters. The highest BCUT2D eigenvalue weighted by Gasteiger charge is 2.31. The summed E-state index contributed by atoms with van der Waals surface area (Å²) in [7, 11) is 0. The molecule has 150 valence electrons. The Kier molecular flexibility index (Phi) is 5.74. The van der Waals surface area contributed by atoms with E-state index in [1.54, 1.807) is 12.1 Å². The Balaban J connectivity index is 1.77. The molecule has 1 heterocycles. The number of amides is 1. The molecule has 3 aromatic rings. The SMILES string of the molecule is CC1=NN(c2ccccc2)C(=O)C1=C(C=Cc1ccc(N=[N+]=[N-])cc1)c1ccccc1. The second-order valence-electron chi connectivity index (χ2n) is 6.91. The van der Waals surface area contributed by atoms with Crippen LogP contribution in [0.15, 0.2) is 107 Å². The first-order chi connectivity index (χ1) is 15.2. The molecule has 0 bridgehead atoms. The zero-order chi connectivity index (χ0) is 21.6. The molecule has 0 aromatic heterocycles. The van der Waals surface area contributed by atoms with Crippen molar-refractivity contribution in [1.82, 2.24) is 0 Å². The van der Waals surface area contributed by atoms with Crippen LogP contribution >= 0.6 is 0 Å². The summed E-state index contributed by atoms with van der Waals surface area (Å²) in [5.41, 5.74) is 13.7. The van der Waals surface area contributed by atoms with Gasteiger partial charge in [-0.2, -0.15) is 10.1 Å². The van der Waals surface area contributed by atoms with Gasteiger partial charge in [-0.25, -0.2) is 0 Å². The molecule has 1 aliphatic heterocycles. The minimum atomic E-state index is -0.161. The van der Waals surface area contributed by atoms with Crippen LogP contribution in [0.2, 0.25) is 0 Å². The normalized spacial score (nSPS) is 15.1. The summed E-state index contributed by atoms with van der Waals surface area (Å²) in [5, 5.41) is 9.55. The fraction of sp³-hybridized carbons (Fsp3) is 0.0400. The number of carbonyl (C=O) groups excluding carboxylic acids is 1. The van der Waals surface area contributed by atoms with Gasteiger partial charge in [-0.1, -0.05) is 90.1 Å².